The van der Waals surface area contributed by atoms with Crippen LogP contribution >= 0.6 is 0 Å². The molecule has 1 aliphatic heterocycles. The number of benzene rings is 5. The summed E-state index contributed by atoms with van der Waals surface area (Å²) >= 11 is 0. The van der Waals surface area contributed by atoms with E-state index < -0.39 is 0 Å². The molecule has 0 saturated carbocycles. The second-order valence-corrected chi connectivity index (χ2v) is 9.19. The van der Waals surface area contributed by atoms with Gasteiger partial charge in [0.15, 0.2) is 0 Å². The number of amides is 2. The van der Waals surface area contributed by atoms with Crippen molar-refractivity contribution in [2.75, 3.05) is 4.90 Å². The molecular formula is C33H20N2O2. The summed E-state index contributed by atoms with van der Waals surface area (Å²) < 4.78 is 0. The van der Waals surface area contributed by atoms with E-state index in [0.29, 0.717) is 22.2 Å². The van der Waals surface area contributed by atoms with Crippen LogP contribution in [0.2, 0.25) is 0 Å². The lowest BCUT2D eigenvalue weighted by molar-refractivity contribution is 0.0893. The fourth-order valence-electron chi connectivity index (χ4n) is 5.27. The Balaban J connectivity index is 1.34. The van der Waals surface area contributed by atoms with Gasteiger partial charge < -0.3 is 0 Å². The summed E-state index contributed by atoms with van der Waals surface area (Å²) in [6.07, 6.45) is 3.60. The highest BCUT2D eigenvalue weighted by molar-refractivity contribution is 6.36. The van der Waals surface area contributed by atoms with Crippen LogP contribution in [0.15, 0.2) is 122 Å². The van der Waals surface area contributed by atoms with E-state index in [2.05, 4.69) is 29.2 Å². The normalized spacial score (nSPS) is 12.9. The predicted molar refractivity (Wildman–Crippen MR) is 148 cm³/mol. The van der Waals surface area contributed by atoms with Crippen molar-refractivity contribution in [1.29, 1.82) is 0 Å². The molecule has 7 rings (SSSR count). The number of anilines is 1. The third-order valence-corrected chi connectivity index (χ3v) is 7.09. The van der Waals surface area contributed by atoms with Crippen LogP contribution in [0, 0.1) is 0 Å². The number of hydrogen-bond donors (Lipinski definition) is 0. The Labute approximate surface area is 213 Å². The van der Waals surface area contributed by atoms with Crippen LogP contribution in [0.3, 0.4) is 0 Å². The molecule has 4 nitrogen and oxygen atoms in total. The van der Waals surface area contributed by atoms with Crippen LogP contribution in [0.1, 0.15) is 20.7 Å². The molecule has 0 bridgehead atoms. The number of hydrogen-bond acceptors (Lipinski definition) is 3. The Bertz CT molecular complexity index is 1840. The maximum absolute atomic E-state index is 13.7. The molecule has 0 N–H and O–H groups in total. The minimum absolute atomic E-state index is 0.303. The summed E-state index contributed by atoms with van der Waals surface area (Å²) in [5, 5.41) is 3.65. The maximum atomic E-state index is 13.7. The lowest BCUT2D eigenvalue weighted by atomic mass is 9.88. The zero-order valence-corrected chi connectivity index (χ0v) is 19.8. The molecule has 0 radical (unpaired) electrons. The van der Waals surface area contributed by atoms with Gasteiger partial charge in [-0.3, -0.25) is 14.6 Å². The number of fused-ring (bicyclic) bond motifs is 1. The van der Waals surface area contributed by atoms with E-state index in [1.807, 2.05) is 91.1 Å². The minimum atomic E-state index is -0.303. The SMILES string of the molecule is O=C1c2cccc3c(-c4ccc(-c5cccnc5)cc4)ccc(c23)C(=O)N1c1ccc2ccccc2c1. The lowest BCUT2D eigenvalue weighted by Gasteiger charge is -2.28. The number of pyridine rings is 1. The Kier molecular flexibility index (Phi) is 4.73. The van der Waals surface area contributed by atoms with Gasteiger partial charge in [-0.15, -0.1) is 0 Å². The summed E-state index contributed by atoms with van der Waals surface area (Å²) in [6.45, 7) is 0. The molecule has 37 heavy (non-hydrogen) atoms. The van der Waals surface area contributed by atoms with Crippen molar-refractivity contribution in [3.05, 3.63) is 133 Å². The topological polar surface area (TPSA) is 50.3 Å². The van der Waals surface area contributed by atoms with Gasteiger partial charge >= 0.3 is 0 Å². The Morgan fingerprint density at radius 2 is 1.27 bits per heavy atom. The first kappa shape index (κ1) is 21.2. The van der Waals surface area contributed by atoms with Gasteiger partial charge in [0.25, 0.3) is 11.8 Å². The average molecular weight is 477 g/mol. The minimum Gasteiger partial charge on any atom is -0.268 e. The standard InChI is InChI=1S/C33H20N2O2/c36-32-29-9-3-8-28-27(23-12-10-22(11-13-23)25-7-4-18-34-20-25)16-17-30(31(28)29)33(37)35(32)26-15-14-21-5-1-2-6-24(21)19-26/h1-20H. The van der Waals surface area contributed by atoms with Crippen LogP contribution in [0.5, 0.6) is 0 Å². The number of imide groups is 1. The van der Waals surface area contributed by atoms with Crippen molar-refractivity contribution in [1.82, 2.24) is 4.98 Å². The summed E-state index contributed by atoms with van der Waals surface area (Å²) in [4.78, 5) is 32.9. The first-order valence-electron chi connectivity index (χ1n) is 12.1. The van der Waals surface area contributed by atoms with E-state index in [1.165, 1.54) is 4.90 Å². The van der Waals surface area contributed by atoms with Crippen molar-refractivity contribution in [2.45, 2.75) is 0 Å². The second kappa shape index (κ2) is 8.25. The van der Waals surface area contributed by atoms with Crippen LogP contribution in [0.4, 0.5) is 5.69 Å². The molecule has 0 fully saturated rings. The monoisotopic (exact) mass is 476 g/mol. The van der Waals surface area contributed by atoms with Crippen molar-refractivity contribution in [3.63, 3.8) is 0 Å². The smallest absolute Gasteiger partial charge is 0.265 e. The average Bonchev–Trinajstić information content (AvgIpc) is 2.96. The Morgan fingerprint density at radius 3 is 2.05 bits per heavy atom. The number of carbonyl (C=O) groups excluding carboxylic acids is 2. The second-order valence-electron chi connectivity index (χ2n) is 9.19. The number of nitrogens with zero attached hydrogens (tertiary/aromatic N) is 2. The highest BCUT2D eigenvalue weighted by atomic mass is 16.2. The predicted octanol–water partition coefficient (Wildman–Crippen LogP) is 7.52. The van der Waals surface area contributed by atoms with Crippen LogP contribution in [-0.4, -0.2) is 16.8 Å². The molecular weight excluding hydrogens is 456 g/mol. The van der Waals surface area contributed by atoms with E-state index in [1.54, 1.807) is 6.20 Å². The number of aromatic nitrogens is 1. The quantitative estimate of drug-likeness (QED) is 0.248. The van der Waals surface area contributed by atoms with Crippen molar-refractivity contribution in [3.8, 4) is 22.3 Å². The molecule has 2 amide bonds. The lowest BCUT2D eigenvalue weighted by Crippen LogP contribution is -2.40. The van der Waals surface area contributed by atoms with Gasteiger partial charge in [-0.05, 0) is 68.7 Å². The number of carbonyl (C=O) groups is 2. The molecule has 6 aromatic rings. The first-order valence-corrected chi connectivity index (χ1v) is 12.1. The van der Waals surface area contributed by atoms with E-state index in [9.17, 15) is 9.59 Å². The number of rotatable bonds is 3. The highest BCUT2D eigenvalue weighted by Gasteiger charge is 2.34. The van der Waals surface area contributed by atoms with Gasteiger partial charge in [0.05, 0.1) is 5.69 Å². The van der Waals surface area contributed by atoms with E-state index in [4.69, 9.17) is 0 Å². The summed E-state index contributed by atoms with van der Waals surface area (Å²) in [5.74, 6) is -0.607. The molecule has 0 unspecified atom stereocenters. The Hall–Kier alpha value is -5.09. The summed E-state index contributed by atoms with van der Waals surface area (Å²) in [6, 6.07) is 35.3. The molecule has 174 valence electrons. The molecule has 2 heterocycles. The summed E-state index contributed by atoms with van der Waals surface area (Å²) in [7, 11) is 0. The molecule has 5 aromatic carbocycles. The van der Waals surface area contributed by atoms with Gasteiger partial charge in [0.2, 0.25) is 0 Å². The van der Waals surface area contributed by atoms with Crippen molar-refractivity contribution in [2.24, 2.45) is 0 Å². The maximum Gasteiger partial charge on any atom is 0.265 e. The van der Waals surface area contributed by atoms with Gasteiger partial charge in [0, 0.05) is 28.9 Å². The van der Waals surface area contributed by atoms with E-state index >= 15 is 0 Å². The fraction of sp³-hybridized carbons (Fsp3) is 0. The van der Waals surface area contributed by atoms with Gasteiger partial charge in [-0.25, -0.2) is 4.90 Å². The van der Waals surface area contributed by atoms with Gasteiger partial charge in [-0.2, -0.15) is 0 Å². The fourth-order valence-corrected chi connectivity index (χ4v) is 5.27. The molecule has 1 aromatic heterocycles. The molecule has 0 aliphatic carbocycles. The van der Waals surface area contributed by atoms with Crippen LogP contribution in [-0.2, 0) is 0 Å². The summed E-state index contributed by atoms with van der Waals surface area (Å²) in [5.41, 5.74) is 5.78. The zero-order valence-electron chi connectivity index (χ0n) is 19.8. The van der Waals surface area contributed by atoms with E-state index in [-0.39, 0.29) is 11.8 Å². The molecule has 0 atom stereocenters. The van der Waals surface area contributed by atoms with Gasteiger partial charge in [0.1, 0.15) is 0 Å². The molecule has 4 heteroatoms. The van der Waals surface area contributed by atoms with E-state index in [0.717, 1.165) is 38.4 Å². The zero-order chi connectivity index (χ0) is 24.9. The van der Waals surface area contributed by atoms with Crippen LogP contribution < -0.4 is 4.90 Å². The largest absolute Gasteiger partial charge is 0.268 e. The molecule has 0 saturated heterocycles. The third kappa shape index (κ3) is 3.34. The van der Waals surface area contributed by atoms with Crippen LogP contribution in [0.25, 0.3) is 43.8 Å². The van der Waals surface area contributed by atoms with Crippen molar-refractivity contribution < 1.29 is 9.59 Å². The van der Waals surface area contributed by atoms with Gasteiger partial charge in [-0.1, -0.05) is 78.9 Å². The third-order valence-electron chi connectivity index (χ3n) is 7.09. The molecule has 1 aliphatic rings. The Morgan fingerprint density at radius 1 is 0.541 bits per heavy atom. The first-order chi connectivity index (χ1) is 18.2. The highest BCUT2D eigenvalue weighted by Crippen LogP contribution is 2.38. The molecule has 0 spiro atoms. The van der Waals surface area contributed by atoms with Crippen molar-refractivity contribution >= 4 is 39.0 Å².